The Morgan fingerprint density at radius 1 is 1.15 bits per heavy atom. The van der Waals surface area contributed by atoms with Crippen LogP contribution >= 0.6 is 7.82 Å². The highest BCUT2D eigenvalue weighted by atomic mass is 31.2. The summed E-state index contributed by atoms with van der Waals surface area (Å²) in [6.07, 6.45) is 5.37. The van der Waals surface area contributed by atoms with Crippen molar-refractivity contribution in [3.05, 3.63) is 54.1 Å². The van der Waals surface area contributed by atoms with Crippen molar-refractivity contribution in [3.63, 3.8) is 0 Å². The number of benzene rings is 1. The van der Waals surface area contributed by atoms with Crippen LogP contribution in [0.25, 0.3) is 0 Å². The first-order valence-electron chi connectivity index (χ1n) is 6.44. The lowest BCUT2D eigenvalue weighted by Gasteiger charge is -2.17. The minimum Gasteiger partial charge on any atom is -0.404 e. The lowest BCUT2D eigenvalue weighted by molar-refractivity contribution is 0.180. The Morgan fingerprint density at radius 2 is 1.80 bits per heavy atom. The molecular weight excluding hydrogens is 275 g/mol. The average molecular weight is 296 g/mol. The molecule has 0 saturated carbocycles. The van der Waals surface area contributed by atoms with E-state index < -0.39 is 7.82 Å². The zero-order chi connectivity index (χ0) is 14.8. The maximum Gasteiger partial charge on any atom is 0.530 e. The van der Waals surface area contributed by atoms with Gasteiger partial charge in [-0.1, -0.05) is 42.0 Å². The molecule has 1 rings (SSSR count). The van der Waals surface area contributed by atoms with Crippen molar-refractivity contribution in [2.75, 3.05) is 13.2 Å². The molecule has 0 aliphatic heterocycles. The van der Waals surface area contributed by atoms with E-state index in [0.717, 1.165) is 5.57 Å². The summed E-state index contributed by atoms with van der Waals surface area (Å²) in [5.41, 5.74) is 1.07. The van der Waals surface area contributed by atoms with Crippen LogP contribution in [0.1, 0.15) is 20.8 Å². The maximum atomic E-state index is 12.5. The van der Waals surface area contributed by atoms with Gasteiger partial charge >= 0.3 is 7.82 Å². The molecule has 4 nitrogen and oxygen atoms in total. The molecule has 0 aromatic heterocycles. The van der Waals surface area contributed by atoms with Gasteiger partial charge in [-0.3, -0.25) is 9.05 Å². The van der Waals surface area contributed by atoms with E-state index in [1.54, 1.807) is 30.3 Å². The smallest absolute Gasteiger partial charge is 0.404 e. The minimum atomic E-state index is -3.62. The second-order valence-corrected chi connectivity index (χ2v) is 5.89. The molecule has 0 heterocycles. The Morgan fingerprint density at radius 3 is 2.40 bits per heavy atom. The molecule has 1 atom stereocenters. The summed E-state index contributed by atoms with van der Waals surface area (Å²) in [5, 5.41) is 0. The van der Waals surface area contributed by atoms with Crippen LogP contribution in [0.2, 0.25) is 0 Å². The first-order valence-corrected chi connectivity index (χ1v) is 7.90. The number of phosphoric ester groups is 1. The summed E-state index contributed by atoms with van der Waals surface area (Å²) in [5.74, 6) is 0.452. The van der Waals surface area contributed by atoms with Crippen molar-refractivity contribution in [2.24, 2.45) is 0 Å². The predicted molar refractivity (Wildman–Crippen MR) is 80.8 cm³/mol. The molecule has 0 aliphatic rings. The molecule has 0 bridgehead atoms. The molecule has 1 aromatic rings. The van der Waals surface area contributed by atoms with E-state index in [4.69, 9.17) is 13.6 Å². The van der Waals surface area contributed by atoms with Crippen molar-refractivity contribution < 1.29 is 18.1 Å². The molecule has 0 amide bonds. The topological polar surface area (TPSA) is 44.8 Å². The number of para-hydroxylation sites is 1. The zero-order valence-corrected chi connectivity index (χ0v) is 13.0. The largest absolute Gasteiger partial charge is 0.530 e. The van der Waals surface area contributed by atoms with E-state index in [1.807, 2.05) is 39.0 Å². The third-order valence-electron chi connectivity index (χ3n) is 2.25. The number of rotatable bonds is 8. The van der Waals surface area contributed by atoms with E-state index in [0.29, 0.717) is 5.75 Å². The summed E-state index contributed by atoms with van der Waals surface area (Å²) in [7, 11) is -3.62. The second kappa shape index (κ2) is 8.75. The molecule has 0 saturated heterocycles. The van der Waals surface area contributed by atoms with Crippen molar-refractivity contribution in [1.29, 1.82) is 0 Å². The summed E-state index contributed by atoms with van der Waals surface area (Å²) < 4.78 is 28.4. The first-order chi connectivity index (χ1) is 9.56. The number of phosphoric acid groups is 1. The van der Waals surface area contributed by atoms with Crippen LogP contribution in [-0.4, -0.2) is 13.2 Å². The molecule has 0 N–H and O–H groups in total. The second-order valence-electron chi connectivity index (χ2n) is 4.29. The third kappa shape index (κ3) is 6.71. The van der Waals surface area contributed by atoms with Crippen LogP contribution in [0.5, 0.6) is 5.75 Å². The van der Waals surface area contributed by atoms with E-state index in [9.17, 15) is 4.57 Å². The molecule has 0 aliphatic carbocycles. The highest BCUT2D eigenvalue weighted by Gasteiger charge is 2.27. The van der Waals surface area contributed by atoms with Gasteiger partial charge in [-0.15, -0.1) is 0 Å². The van der Waals surface area contributed by atoms with Gasteiger partial charge in [0.05, 0.1) is 13.2 Å². The molecule has 0 spiro atoms. The van der Waals surface area contributed by atoms with Gasteiger partial charge in [0.2, 0.25) is 0 Å². The van der Waals surface area contributed by atoms with Gasteiger partial charge < -0.3 is 4.52 Å². The van der Waals surface area contributed by atoms with Gasteiger partial charge in [0.25, 0.3) is 0 Å². The number of hydrogen-bond donors (Lipinski definition) is 0. The van der Waals surface area contributed by atoms with E-state index in [1.165, 1.54) is 0 Å². The summed E-state index contributed by atoms with van der Waals surface area (Å²) in [4.78, 5) is 0. The SMILES string of the molecule is C/C=C/COP(=O)(OCC=C(C)C)Oc1ccccc1. The monoisotopic (exact) mass is 296 g/mol. The maximum absolute atomic E-state index is 12.5. The fourth-order valence-corrected chi connectivity index (χ4v) is 2.31. The summed E-state index contributed by atoms with van der Waals surface area (Å²) in [6.45, 7) is 6.09. The van der Waals surface area contributed by atoms with Crippen LogP contribution < -0.4 is 4.52 Å². The highest BCUT2D eigenvalue weighted by Crippen LogP contribution is 2.49. The van der Waals surface area contributed by atoms with E-state index >= 15 is 0 Å². The number of allylic oxidation sites excluding steroid dienone is 2. The van der Waals surface area contributed by atoms with Crippen molar-refractivity contribution in [3.8, 4) is 5.75 Å². The zero-order valence-electron chi connectivity index (χ0n) is 12.1. The molecule has 1 unspecified atom stereocenters. The summed E-state index contributed by atoms with van der Waals surface area (Å²) in [6, 6.07) is 8.85. The Labute approximate surface area is 120 Å². The van der Waals surface area contributed by atoms with Crippen LogP contribution in [0, 0.1) is 0 Å². The molecule has 20 heavy (non-hydrogen) atoms. The van der Waals surface area contributed by atoms with E-state index in [2.05, 4.69) is 0 Å². The molecule has 5 heteroatoms. The van der Waals surface area contributed by atoms with Gasteiger partial charge in [-0.25, -0.2) is 4.57 Å². The van der Waals surface area contributed by atoms with Gasteiger partial charge in [0.15, 0.2) is 0 Å². The fraction of sp³-hybridized carbons (Fsp3) is 0.333. The molecule has 0 radical (unpaired) electrons. The molecular formula is C15H21O4P. The molecule has 1 aromatic carbocycles. The van der Waals surface area contributed by atoms with Gasteiger partial charge in [0, 0.05) is 0 Å². The van der Waals surface area contributed by atoms with Crippen molar-refractivity contribution in [1.82, 2.24) is 0 Å². The Balaban J connectivity index is 2.72. The Kier molecular flexibility index (Phi) is 7.31. The van der Waals surface area contributed by atoms with Crippen molar-refractivity contribution >= 4 is 7.82 Å². The highest BCUT2D eigenvalue weighted by molar-refractivity contribution is 7.48. The first kappa shape index (κ1) is 16.7. The minimum absolute atomic E-state index is 0.176. The average Bonchev–Trinajstić information content (AvgIpc) is 2.39. The fourth-order valence-electron chi connectivity index (χ4n) is 1.23. The Bertz CT molecular complexity index is 490. The predicted octanol–water partition coefficient (Wildman–Crippen LogP) is 4.75. The quantitative estimate of drug-likeness (QED) is 0.513. The van der Waals surface area contributed by atoms with Crippen LogP contribution in [0.3, 0.4) is 0 Å². The lowest BCUT2D eigenvalue weighted by Crippen LogP contribution is -2.03. The van der Waals surface area contributed by atoms with Crippen LogP contribution in [0.15, 0.2) is 54.1 Å². The standard InChI is InChI=1S/C15H21O4P/c1-4-5-12-17-20(16,18-13-11-14(2)3)19-15-9-7-6-8-10-15/h4-11H,12-13H2,1-3H3/b5-4+. The molecule has 0 fully saturated rings. The number of hydrogen-bond acceptors (Lipinski definition) is 4. The van der Waals surface area contributed by atoms with Crippen LogP contribution in [-0.2, 0) is 13.6 Å². The van der Waals surface area contributed by atoms with Gasteiger partial charge in [-0.2, -0.15) is 0 Å². The van der Waals surface area contributed by atoms with Gasteiger partial charge in [0.1, 0.15) is 5.75 Å². The van der Waals surface area contributed by atoms with Crippen molar-refractivity contribution in [2.45, 2.75) is 20.8 Å². The normalized spacial score (nSPS) is 13.9. The van der Waals surface area contributed by atoms with E-state index in [-0.39, 0.29) is 13.2 Å². The van der Waals surface area contributed by atoms with Gasteiger partial charge in [-0.05, 0) is 32.9 Å². The lowest BCUT2D eigenvalue weighted by atomic mass is 10.3. The third-order valence-corrected chi connectivity index (χ3v) is 3.61. The molecule has 110 valence electrons. The van der Waals surface area contributed by atoms with Crippen LogP contribution in [0.4, 0.5) is 0 Å². The summed E-state index contributed by atoms with van der Waals surface area (Å²) >= 11 is 0. The Hall–Kier alpha value is -1.35.